The van der Waals surface area contributed by atoms with Gasteiger partial charge >= 0.3 is 0 Å². The van der Waals surface area contributed by atoms with E-state index in [4.69, 9.17) is 5.53 Å². The SMILES string of the molecule is [N-]=[N+]=NCC(=O)Nc1ccccc1F. The number of hydrogen-bond acceptors (Lipinski definition) is 2. The summed E-state index contributed by atoms with van der Waals surface area (Å²) in [5, 5.41) is 5.31. The summed E-state index contributed by atoms with van der Waals surface area (Å²) in [4.78, 5) is 13.4. The van der Waals surface area contributed by atoms with Gasteiger partial charge < -0.3 is 5.32 Å². The van der Waals surface area contributed by atoms with Crippen LogP contribution in [0.15, 0.2) is 29.4 Å². The molecule has 0 radical (unpaired) electrons. The summed E-state index contributed by atoms with van der Waals surface area (Å²) < 4.78 is 13.0. The summed E-state index contributed by atoms with van der Waals surface area (Å²) in [6, 6.07) is 5.75. The van der Waals surface area contributed by atoms with Crippen LogP contribution in [0, 0.1) is 5.82 Å². The van der Waals surface area contributed by atoms with Gasteiger partial charge in [0.25, 0.3) is 0 Å². The molecule has 14 heavy (non-hydrogen) atoms. The summed E-state index contributed by atoms with van der Waals surface area (Å²) >= 11 is 0. The highest BCUT2D eigenvalue weighted by Gasteiger charge is 2.03. The fourth-order valence-electron chi connectivity index (χ4n) is 0.848. The minimum absolute atomic E-state index is 0.0747. The van der Waals surface area contributed by atoms with Gasteiger partial charge in [0.15, 0.2) is 0 Å². The maximum Gasteiger partial charge on any atom is 0.230 e. The van der Waals surface area contributed by atoms with Crippen molar-refractivity contribution in [1.82, 2.24) is 0 Å². The first-order valence-corrected chi connectivity index (χ1v) is 3.79. The van der Waals surface area contributed by atoms with Gasteiger partial charge in [0.05, 0.1) is 5.69 Å². The van der Waals surface area contributed by atoms with Crippen molar-refractivity contribution >= 4 is 11.6 Å². The summed E-state index contributed by atoms with van der Waals surface area (Å²) in [7, 11) is 0. The molecule has 0 bridgehead atoms. The number of carbonyl (C=O) groups is 1. The smallest absolute Gasteiger partial charge is 0.230 e. The molecular formula is C8H7FN4O. The molecular weight excluding hydrogens is 187 g/mol. The molecule has 1 N–H and O–H groups in total. The maximum absolute atomic E-state index is 13.0. The Bertz CT molecular complexity index is 387. The molecule has 0 unspecified atom stereocenters. The maximum atomic E-state index is 13.0. The number of halogens is 1. The van der Waals surface area contributed by atoms with E-state index in [2.05, 4.69) is 15.3 Å². The minimum atomic E-state index is -0.548. The van der Waals surface area contributed by atoms with E-state index < -0.39 is 11.7 Å². The second-order valence-corrected chi connectivity index (χ2v) is 2.42. The molecule has 1 rings (SSSR count). The number of amides is 1. The summed E-state index contributed by atoms with van der Waals surface area (Å²) in [5.41, 5.74) is 8.01. The van der Waals surface area contributed by atoms with Gasteiger partial charge in [0.1, 0.15) is 12.4 Å². The first kappa shape index (κ1) is 10.0. The molecule has 6 heteroatoms. The number of benzene rings is 1. The number of azide groups is 1. The summed E-state index contributed by atoms with van der Waals surface area (Å²) in [6.07, 6.45) is 0. The third kappa shape index (κ3) is 2.76. The predicted molar refractivity (Wildman–Crippen MR) is 49.0 cm³/mol. The molecule has 0 fully saturated rings. The van der Waals surface area contributed by atoms with Crippen LogP contribution in [-0.2, 0) is 4.79 Å². The van der Waals surface area contributed by atoms with E-state index in [0.717, 1.165) is 0 Å². The molecule has 0 heterocycles. The average Bonchev–Trinajstić information content (AvgIpc) is 2.18. The highest BCUT2D eigenvalue weighted by molar-refractivity contribution is 5.92. The van der Waals surface area contributed by atoms with Crippen LogP contribution in [0.4, 0.5) is 10.1 Å². The lowest BCUT2D eigenvalue weighted by atomic mass is 10.3. The highest BCUT2D eigenvalue weighted by Crippen LogP contribution is 2.11. The van der Waals surface area contributed by atoms with E-state index in [-0.39, 0.29) is 12.2 Å². The zero-order chi connectivity index (χ0) is 10.4. The van der Waals surface area contributed by atoms with E-state index in [1.165, 1.54) is 18.2 Å². The van der Waals surface area contributed by atoms with Crippen molar-refractivity contribution in [2.45, 2.75) is 0 Å². The zero-order valence-corrected chi connectivity index (χ0v) is 7.14. The monoisotopic (exact) mass is 194 g/mol. The van der Waals surface area contributed by atoms with Gasteiger partial charge in [0.2, 0.25) is 5.91 Å². The van der Waals surface area contributed by atoms with Crippen LogP contribution in [0.2, 0.25) is 0 Å². The van der Waals surface area contributed by atoms with Crippen LogP contribution >= 0.6 is 0 Å². The third-order valence-electron chi connectivity index (χ3n) is 1.43. The number of hydrogen-bond donors (Lipinski definition) is 1. The van der Waals surface area contributed by atoms with Crippen molar-refractivity contribution in [3.63, 3.8) is 0 Å². The normalized spacial score (nSPS) is 8.93. The molecule has 1 aromatic rings. The van der Waals surface area contributed by atoms with Crippen molar-refractivity contribution in [1.29, 1.82) is 0 Å². The minimum Gasteiger partial charge on any atom is -0.323 e. The van der Waals surface area contributed by atoms with E-state index >= 15 is 0 Å². The topological polar surface area (TPSA) is 77.9 Å². The Kier molecular flexibility index (Phi) is 3.46. The lowest BCUT2D eigenvalue weighted by Gasteiger charge is -2.03. The Morgan fingerprint density at radius 2 is 2.29 bits per heavy atom. The first-order chi connectivity index (χ1) is 6.74. The van der Waals surface area contributed by atoms with Crippen molar-refractivity contribution < 1.29 is 9.18 Å². The van der Waals surface area contributed by atoms with Crippen LogP contribution in [-0.4, -0.2) is 12.5 Å². The second kappa shape index (κ2) is 4.84. The largest absolute Gasteiger partial charge is 0.323 e. The zero-order valence-electron chi connectivity index (χ0n) is 7.14. The molecule has 0 atom stereocenters. The van der Waals surface area contributed by atoms with Crippen LogP contribution < -0.4 is 5.32 Å². The van der Waals surface area contributed by atoms with Gasteiger partial charge in [-0.2, -0.15) is 0 Å². The van der Waals surface area contributed by atoms with Gasteiger partial charge in [-0.15, -0.1) is 0 Å². The molecule has 0 aliphatic heterocycles. The van der Waals surface area contributed by atoms with Crippen molar-refractivity contribution in [2.24, 2.45) is 5.11 Å². The average molecular weight is 194 g/mol. The molecule has 0 aliphatic carbocycles. The van der Waals surface area contributed by atoms with Gasteiger partial charge in [-0.3, -0.25) is 4.79 Å². The molecule has 0 spiro atoms. The lowest BCUT2D eigenvalue weighted by molar-refractivity contribution is -0.114. The van der Waals surface area contributed by atoms with Crippen LogP contribution in [0.1, 0.15) is 0 Å². The van der Waals surface area contributed by atoms with Crippen LogP contribution in [0.5, 0.6) is 0 Å². The summed E-state index contributed by atoms with van der Waals surface area (Å²) in [5.74, 6) is -1.07. The number of nitrogens with zero attached hydrogens (tertiary/aromatic N) is 3. The molecule has 0 aliphatic rings. The predicted octanol–water partition coefficient (Wildman–Crippen LogP) is 2.07. The standard InChI is InChI=1S/C8H7FN4O/c9-6-3-1-2-4-7(6)12-8(14)5-11-13-10/h1-4H,5H2,(H,12,14). The van der Waals surface area contributed by atoms with Gasteiger partial charge in [-0.25, -0.2) is 4.39 Å². The second-order valence-electron chi connectivity index (χ2n) is 2.42. The number of anilines is 1. The van der Waals surface area contributed by atoms with Gasteiger partial charge in [-0.05, 0) is 17.7 Å². The fourth-order valence-corrected chi connectivity index (χ4v) is 0.848. The quantitative estimate of drug-likeness (QED) is 0.446. The molecule has 0 saturated heterocycles. The number of para-hydroxylation sites is 1. The lowest BCUT2D eigenvalue weighted by Crippen LogP contribution is -2.15. The van der Waals surface area contributed by atoms with Gasteiger partial charge in [-0.1, -0.05) is 17.2 Å². The van der Waals surface area contributed by atoms with Crippen molar-refractivity contribution in [2.75, 3.05) is 11.9 Å². The van der Waals surface area contributed by atoms with Crippen LogP contribution in [0.25, 0.3) is 10.4 Å². The van der Waals surface area contributed by atoms with Gasteiger partial charge in [0, 0.05) is 4.91 Å². The Labute approximate surface area is 79.2 Å². The molecule has 1 aromatic carbocycles. The van der Waals surface area contributed by atoms with Crippen molar-refractivity contribution in [3.05, 3.63) is 40.5 Å². The Hall–Kier alpha value is -2.07. The molecule has 0 saturated carbocycles. The van der Waals surface area contributed by atoms with E-state index in [0.29, 0.717) is 0 Å². The fraction of sp³-hybridized carbons (Fsp3) is 0.125. The number of carbonyl (C=O) groups excluding carboxylic acids is 1. The highest BCUT2D eigenvalue weighted by atomic mass is 19.1. The Balaban J connectivity index is 2.65. The van der Waals surface area contributed by atoms with Crippen molar-refractivity contribution in [3.8, 4) is 0 Å². The third-order valence-corrected chi connectivity index (χ3v) is 1.43. The molecule has 72 valence electrons. The van der Waals surface area contributed by atoms with E-state index in [9.17, 15) is 9.18 Å². The first-order valence-electron chi connectivity index (χ1n) is 3.79. The van der Waals surface area contributed by atoms with Crippen LogP contribution in [0.3, 0.4) is 0 Å². The Morgan fingerprint density at radius 1 is 1.57 bits per heavy atom. The molecule has 5 nitrogen and oxygen atoms in total. The molecule has 0 aromatic heterocycles. The van der Waals surface area contributed by atoms with E-state index in [1.54, 1.807) is 6.07 Å². The summed E-state index contributed by atoms with van der Waals surface area (Å²) in [6.45, 7) is -0.342. The number of rotatable bonds is 3. The molecule has 1 amide bonds. The van der Waals surface area contributed by atoms with E-state index in [1.807, 2.05) is 0 Å². The number of nitrogens with one attached hydrogen (secondary N) is 1. The Morgan fingerprint density at radius 3 is 2.93 bits per heavy atom.